The number of nitrogens with zero attached hydrogens (tertiary/aromatic N) is 2. The maximum absolute atomic E-state index is 12.4. The number of carbonyl (C=O) groups is 2. The number of thiocarbonyl (C=S) groups is 2. The fourth-order valence-electron chi connectivity index (χ4n) is 2.47. The Kier molecular flexibility index (Phi) is 7.37. The van der Waals surface area contributed by atoms with Crippen LogP contribution in [0.1, 0.15) is 21.0 Å². The largest absolute Gasteiger partial charge is 0.288 e. The van der Waals surface area contributed by atoms with Gasteiger partial charge in [-0.3, -0.25) is 31.3 Å². The molecule has 154 valence electrons. The van der Waals surface area contributed by atoms with Crippen molar-refractivity contribution < 1.29 is 9.59 Å². The van der Waals surface area contributed by atoms with E-state index in [1.807, 2.05) is 12.1 Å². The molecule has 0 aliphatic heterocycles. The van der Waals surface area contributed by atoms with Gasteiger partial charge in [-0.05, 0) is 24.6 Å². The molecule has 2 amide bonds. The molecule has 3 rings (SSSR count). The first-order valence-corrected chi connectivity index (χ1v) is 11.7. The van der Waals surface area contributed by atoms with Gasteiger partial charge in [0.2, 0.25) is 0 Å². The molecule has 30 heavy (non-hydrogen) atoms. The molecule has 0 aliphatic rings. The molecule has 8 nitrogen and oxygen atoms in total. The Morgan fingerprint density at radius 1 is 0.700 bits per heavy atom. The van der Waals surface area contributed by atoms with E-state index < -0.39 is 11.8 Å². The van der Waals surface area contributed by atoms with Crippen molar-refractivity contribution in [3.8, 4) is 0 Å². The Balaban J connectivity index is 1.95. The van der Waals surface area contributed by atoms with Crippen molar-refractivity contribution in [2.75, 3.05) is 12.5 Å². The third-order valence-electron chi connectivity index (χ3n) is 3.91. The molecule has 4 N–H and O–H groups in total. The van der Waals surface area contributed by atoms with E-state index in [2.05, 4.69) is 31.7 Å². The summed E-state index contributed by atoms with van der Waals surface area (Å²) in [5, 5.41) is 1.58. The van der Waals surface area contributed by atoms with E-state index >= 15 is 0 Å². The minimum atomic E-state index is -0.436. The smallest absolute Gasteiger partial charge is 0.283 e. The van der Waals surface area contributed by atoms with Gasteiger partial charge in [-0.1, -0.05) is 72.2 Å². The fraction of sp³-hybridized carbons (Fsp3) is 0.111. The zero-order chi connectivity index (χ0) is 21.7. The highest BCUT2D eigenvalue weighted by atomic mass is 32.2. The number of fused-ring (bicyclic) bond motifs is 3. The molecule has 2 heterocycles. The Morgan fingerprint density at radius 2 is 1.07 bits per heavy atom. The van der Waals surface area contributed by atoms with Crippen molar-refractivity contribution in [3.05, 3.63) is 47.8 Å². The summed E-state index contributed by atoms with van der Waals surface area (Å²) >= 11 is 12.6. The van der Waals surface area contributed by atoms with E-state index in [1.165, 1.54) is 23.5 Å². The summed E-state index contributed by atoms with van der Waals surface area (Å²) in [6.45, 7) is 0. The summed E-state index contributed by atoms with van der Waals surface area (Å²) in [5.74, 6) is -0.872. The van der Waals surface area contributed by atoms with Crippen LogP contribution in [-0.4, -0.2) is 42.9 Å². The molecule has 0 spiro atoms. The predicted octanol–water partition coefficient (Wildman–Crippen LogP) is 2.55. The van der Waals surface area contributed by atoms with Crippen LogP contribution in [0, 0.1) is 0 Å². The van der Waals surface area contributed by atoms with Gasteiger partial charge in [0.05, 0.1) is 11.0 Å². The van der Waals surface area contributed by atoms with Crippen LogP contribution in [0.4, 0.5) is 0 Å². The molecule has 0 bridgehead atoms. The second-order valence-corrected chi connectivity index (χ2v) is 8.71. The molecule has 0 unspecified atom stereocenters. The molecule has 0 aliphatic carbocycles. The maximum Gasteiger partial charge on any atom is 0.288 e. The number of hydrogen-bond acceptors (Lipinski definition) is 8. The minimum Gasteiger partial charge on any atom is -0.283 e. The Morgan fingerprint density at radius 3 is 1.43 bits per heavy atom. The third-order valence-corrected chi connectivity index (χ3v) is 6.06. The fourth-order valence-corrected chi connectivity index (χ4v) is 2.87. The normalized spacial score (nSPS) is 10.5. The lowest BCUT2D eigenvalue weighted by Gasteiger charge is -2.10. The first-order chi connectivity index (χ1) is 14.4. The van der Waals surface area contributed by atoms with Gasteiger partial charge in [-0.15, -0.1) is 0 Å². The summed E-state index contributed by atoms with van der Waals surface area (Å²) in [7, 11) is 0. The van der Waals surface area contributed by atoms with E-state index in [0.717, 1.165) is 10.8 Å². The van der Waals surface area contributed by atoms with Crippen LogP contribution in [0.5, 0.6) is 0 Å². The van der Waals surface area contributed by atoms with Crippen molar-refractivity contribution in [1.82, 2.24) is 31.7 Å². The Bertz CT molecular complexity index is 1080. The topological polar surface area (TPSA) is 108 Å². The summed E-state index contributed by atoms with van der Waals surface area (Å²) in [4.78, 5) is 33.7. The summed E-state index contributed by atoms with van der Waals surface area (Å²) in [6, 6.07) is 10.5. The highest BCUT2D eigenvalue weighted by molar-refractivity contribution is 8.22. The molecule has 2 aromatic heterocycles. The number of nitrogens with one attached hydrogen (secondary N) is 4. The number of rotatable bonds is 2. The number of thioether (sulfide) groups is 2. The molecular formula is C18H16N6O2S4. The third kappa shape index (κ3) is 5.14. The van der Waals surface area contributed by atoms with Crippen molar-refractivity contribution in [3.63, 3.8) is 0 Å². The van der Waals surface area contributed by atoms with Gasteiger partial charge >= 0.3 is 0 Å². The van der Waals surface area contributed by atoms with Crippen LogP contribution in [0.3, 0.4) is 0 Å². The lowest BCUT2D eigenvalue weighted by Crippen LogP contribution is -2.39. The van der Waals surface area contributed by atoms with Gasteiger partial charge in [0, 0.05) is 10.8 Å². The van der Waals surface area contributed by atoms with Crippen molar-refractivity contribution in [2.24, 2.45) is 0 Å². The van der Waals surface area contributed by atoms with Crippen LogP contribution < -0.4 is 21.7 Å². The van der Waals surface area contributed by atoms with Crippen LogP contribution in [0.25, 0.3) is 21.8 Å². The summed E-state index contributed by atoms with van der Waals surface area (Å²) in [5.41, 5.74) is 11.7. The number of hydrogen-bond donors (Lipinski definition) is 4. The maximum atomic E-state index is 12.4. The molecule has 3 aromatic rings. The molecule has 0 saturated carbocycles. The second-order valence-electron chi connectivity index (χ2n) is 5.74. The molecular weight excluding hydrogens is 461 g/mol. The molecule has 0 fully saturated rings. The first kappa shape index (κ1) is 22.2. The van der Waals surface area contributed by atoms with Gasteiger partial charge in [-0.2, -0.15) is 0 Å². The van der Waals surface area contributed by atoms with Gasteiger partial charge in [0.15, 0.2) is 8.64 Å². The lowest BCUT2D eigenvalue weighted by molar-refractivity contribution is 0.0932. The molecule has 0 atom stereocenters. The van der Waals surface area contributed by atoms with Crippen LogP contribution >= 0.6 is 48.0 Å². The van der Waals surface area contributed by atoms with Crippen LogP contribution in [0.2, 0.25) is 0 Å². The van der Waals surface area contributed by atoms with Gasteiger partial charge < -0.3 is 0 Å². The predicted molar refractivity (Wildman–Crippen MR) is 130 cm³/mol. The number of carbonyl (C=O) groups excluding carboxylic acids is 2. The highest BCUT2D eigenvalue weighted by Gasteiger charge is 2.13. The standard InChI is InChI=1S/C18H16N6O2S4/c1-29-17(27)23-21-15(25)11-7-5-9-3-4-10-6-8-12(20-14(10)13(9)19-11)16(26)22-24-18(28)30-2/h3-8H,1-2H3,(H,21,25)(H,22,26)(H,23,27)(H,24,28). The van der Waals surface area contributed by atoms with Gasteiger partial charge in [-0.25, -0.2) is 9.97 Å². The highest BCUT2D eigenvalue weighted by Crippen LogP contribution is 2.23. The van der Waals surface area contributed by atoms with E-state index in [9.17, 15) is 9.59 Å². The van der Waals surface area contributed by atoms with Crippen molar-refractivity contribution >= 4 is 90.2 Å². The quantitative estimate of drug-likeness (QED) is 0.250. The number of benzene rings is 1. The summed E-state index contributed by atoms with van der Waals surface area (Å²) in [6.07, 6.45) is 3.59. The monoisotopic (exact) mass is 476 g/mol. The second kappa shape index (κ2) is 9.98. The van der Waals surface area contributed by atoms with Crippen molar-refractivity contribution in [1.29, 1.82) is 0 Å². The molecule has 12 heteroatoms. The minimum absolute atomic E-state index is 0.190. The molecule has 0 radical (unpaired) electrons. The summed E-state index contributed by atoms with van der Waals surface area (Å²) < 4.78 is 0.864. The van der Waals surface area contributed by atoms with Gasteiger partial charge in [0.1, 0.15) is 11.4 Å². The number of hydrazine groups is 2. The Hall–Kier alpha value is -2.54. The van der Waals surface area contributed by atoms with E-state index in [4.69, 9.17) is 24.4 Å². The first-order valence-electron chi connectivity index (χ1n) is 8.42. The molecule has 1 aromatic carbocycles. The van der Waals surface area contributed by atoms with Crippen molar-refractivity contribution in [2.45, 2.75) is 0 Å². The van der Waals surface area contributed by atoms with E-state index in [-0.39, 0.29) is 11.4 Å². The Labute approximate surface area is 191 Å². The van der Waals surface area contributed by atoms with E-state index in [1.54, 1.807) is 36.8 Å². The van der Waals surface area contributed by atoms with Crippen LogP contribution in [-0.2, 0) is 0 Å². The van der Waals surface area contributed by atoms with Crippen LogP contribution in [0.15, 0.2) is 36.4 Å². The van der Waals surface area contributed by atoms with Gasteiger partial charge in [0.25, 0.3) is 11.8 Å². The lowest BCUT2D eigenvalue weighted by atomic mass is 10.1. The average Bonchev–Trinajstić information content (AvgIpc) is 2.79. The number of pyridine rings is 2. The zero-order valence-corrected chi connectivity index (χ0v) is 19.1. The van der Waals surface area contributed by atoms with E-state index in [0.29, 0.717) is 19.7 Å². The SMILES string of the molecule is CSC(=S)NNC(=O)c1ccc2ccc3ccc(C(=O)NNC(=S)SC)nc3c2n1. The zero-order valence-electron chi connectivity index (χ0n) is 15.8. The number of aromatic nitrogens is 2. The average molecular weight is 477 g/mol. The number of amides is 2. The molecule has 0 saturated heterocycles.